The molecule has 1 N–H and O–H groups in total. The molecular weight excluding hydrogens is 376 g/mol. The van der Waals surface area contributed by atoms with E-state index in [9.17, 15) is 9.59 Å². The first kappa shape index (κ1) is 20.4. The van der Waals surface area contributed by atoms with E-state index in [4.69, 9.17) is 0 Å². The van der Waals surface area contributed by atoms with Gasteiger partial charge in [-0.3, -0.25) is 9.59 Å². The van der Waals surface area contributed by atoms with E-state index in [-0.39, 0.29) is 17.5 Å². The second-order valence-corrected chi connectivity index (χ2v) is 8.86. The minimum absolute atomic E-state index is 0.00233. The number of nitrogens with one attached hydrogen (secondary N) is 1. The summed E-state index contributed by atoms with van der Waals surface area (Å²) in [7, 11) is 0. The topological polar surface area (TPSA) is 68.4 Å². The largest absolute Gasteiger partial charge is 0.350 e. The van der Waals surface area contributed by atoms with Crippen LogP contribution in [0.15, 0.2) is 41.5 Å². The Labute approximate surface area is 176 Å². The molecule has 1 aliphatic rings. The Kier molecular flexibility index (Phi) is 5.75. The van der Waals surface area contributed by atoms with Gasteiger partial charge in [-0.05, 0) is 62.6 Å². The summed E-state index contributed by atoms with van der Waals surface area (Å²) in [5.41, 5.74) is 4.52. The highest BCUT2D eigenvalue weighted by Crippen LogP contribution is 2.22. The Morgan fingerprint density at radius 3 is 2.57 bits per heavy atom. The van der Waals surface area contributed by atoms with Crippen LogP contribution in [0.3, 0.4) is 0 Å². The molecule has 2 aromatic heterocycles. The Balaban J connectivity index is 1.51. The first-order valence-corrected chi connectivity index (χ1v) is 10.9. The predicted octanol–water partition coefficient (Wildman–Crippen LogP) is 3.59. The zero-order chi connectivity index (χ0) is 21.3. The highest BCUT2D eigenvalue weighted by atomic mass is 16.1. The summed E-state index contributed by atoms with van der Waals surface area (Å²) in [5, 5.41) is 7.64. The van der Waals surface area contributed by atoms with Crippen molar-refractivity contribution in [1.29, 1.82) is 0 Å². The van der Waals surface area contributed by atoms with Gasteiger partial charge in [-0.1, -0.05) is 26.0 Å². The number of fused-ring (bicyclic) bond motifs is 3. The third-order valence-electron chi connectivity index (χ3n) is 5.80. The van der Waals surface area contributed by atoms with Crippen LogP contribution in [-0.2, 0) is 19.4 Å². The summed E-state index contributed by atoms with van der Waals surface area (Å²) in [6, 6.07) is 7.65. The van der Waals surface area contributed by atoms with Gasteiger partial charge in [-0.25, -0.2) is 4.52 Å². The first-order valence-electron chi connectivity index (χ1n) is 10.9. The number of carbonyl (C=O) groups is 1. The van der Waals surface area contributed by atoms with Gasteiger partial charge in [-0.15, -0.1) is 0 Å². The molecule has 4 rings (SSSR count). The van der Waals surface area contributed by atoms with Crippen molar-refractivity contribution in [3.63, 3.8) is 0 Å². The second kappa shape index (κ2) is 8.46. The van der Waals surface area contributed by atoms with E-state index in [0.717, 1.165) is 48.9 Å². The fraction of sp³-hybridized carbons (Fsp3) is 0.458. The van der Waals surface area contributed by atoms with Crippen LogP contribution in [0.4, 0.5) is 0 Å². The van der Waals surface area contributed by atoms with Gasteiger partial charge in [0.1, 0.15) is 5.52 Å². The fourth-order valence-electron chi connectivity index (χ4n) is 4.41. The van der Waals surface area contributed by atoms with Crippen molar-refractivity contribution >= 4 is 11.4 Å². The molecule has 2 heterocycles. The molecular formula is C24H30N4O2. The number of benzene rings is 1. The lowest BCUT2D eigenvalue weighted by atomic mass is 9.97. The lowest BCUT2D eigenvalue weighted by molar-refractivity contribution is 0.0936. The summed E-state index contributed by atoms with van der Waals surface area (Å²) >= 11 is 0. The summed E-state index contributed by atoms with van der Waals surface area (Å²) in [5.74, 6) is 0.485. The van der Waals surface area contributed by atoms with Gasteiger partial charge in [0.05, 0.1) is 12.2 Å². The summed E-state index contributed by atoms with van der Waals surface area (Å²) in [6.07, 6.45) is 8.75. The fourth-order valence-corrected chi connectivity index (χ4v) is 4.41. The van der Waals surface area contributed by atoms with Crippen molar-refractivity contribution in [1.82, 2.24) is 19.5 Å². The minimum atomic E-state index is -0.0563. The van der Waals surface area contributed by atoms with Crippen LogP contribution in [0.25, 0.3) is 5.52 Å². The molecule has 1 amide bonds. The van der Waals surface area contributed by atoms with Crippen LogP contribution in [0, 0.1) is 5.92 Å². The maximum atomic E-state index is 13.1. The molecule has 6 nitrogen and oxygen atoms in total. The van der Waals surface area contributed by atoms with Gasteiger partial charge in [0.15, 0.2) is 0 Å². The van der Waals surface area contributed by atoms with E-state index in [0.29, 0.717) is 23.5 Å². The average Bonchev–Trinajstić information content (AvgIpc) is 3.09. The smallest absolute Gasteiger partial charge is 0.277 e. The van der Waals surface area contributed by atoms with Crippen LogP contribution in [-0.4, -0.2) is 26.1 Å². The van der Waals surface area contributed by atoms with Crippen molar-refractivity contribution in [2.75, 3.05) is 0 Å². The molecule has 0 saturated carbocycles. The summed E-state index contributed by atoms with van der Waals surface area (Å²) < 4.78 is 3.46. The highest BCUT2D eigenvalue weighted by molar-refractivity contribution is 5.94. The number of nitrogens with zero attached hydrogens (tertiary/aromatic N) is 3. The molecule has 1 aromatic carbocycles. The normalized spacial score (nSPS) is 14.7. The lowest BCUT2D eigenvalue weighted by Gasteiger charge is -2.16. The highest BCUT2D eigenvalue weighted by Gasteiger charge is 2.19. The number of hydrogen-bond donors (Lipinski definition) is 1. The summed E-state index contributed by atoms with van der Waals surface area (Å²) in [4.78, 5) is 25.5. The van der Waals surface area contributed by atoms with Crippen LogP contribution < -0.4 is 10.9 Å². The van der Waals surface area contributed by atoms with Crippen LogP contribution in [0.2, 0.25) is 0 Å². The zero-order valence-corrected chi connectivity index (χ0v) is 18.0. The average molecular weight is 407 g/mol. The van der Waals surface area contributed by atoms with Crippen molar-refractivity contribution in [3.05, 3.63) is 69.4 Å². The van der Waals surface area contributed by atoms with E-state index in [2.05, 4.69) is 24.3 Å². The molecule has 0 aliphatic heterocycles. The van der Waals surface area contributed by atoms with Crippen molar-refractivity contribution < 1.29 is 4.79 Å². The van der Waals surface area contributed by atoms with Gasteiger partial charge >= 0.3 is 0 Å². The molecule has 0 fully saturated rings. The van der Waals surface area contributed by atoms with E-state index < -0.39 is 0 Å². The second-order valence-electron chi connectivity index (χ2n) is 8.86. The van der Waals surface area contributed by atoms with Crippen LogP contribution >= 0.6 is 0 Å². The van der Waals surface area contributed by atoms with E-state index >= 15 is 0 Å². The number of amides is 1. The predicted molar refractivity (Wildman–Crippen MR) is 118 cm³/mol. The Bertz CT molecular complexity index is 1110. The zero-order valence-electron chi connectivity index (χ0n) is 18.0. The van der Waals surface area contributed by atoms with Gasteiger partial charge in [0.2, 0.25) is 0 Å². The quantitative estimate of drug-likeness (QED) is 0.680. The Morgan fingerprint density at radius 1 is 1.10 bits per heavy atom. The molecule has 0 spiro atoms. The van der Waals surface area contributed by atoms with Crippen molar-refractivity contribution in [2.45, 2.75) is 65.5 Å². The first-order chi connectivity index (χ1) is 14.4. The van der Waals surface area contributed by atoms with Crippen LogP contribution in [0.1, 0.15) is 67.2 Å². The standard InChI is InChI=1S/C24H30N4O2/c1-16(2)14-17(3)25-23(29)19-10-8-18(9-11-19)15-27-12-13-28-22(24(27)30)20-6-4-5-7-21(20)26-28/h8-13,16-17H,4-7,14-15H2,1-3H3,(H,25,29)/t17-/m1/s1. The van der Waals surface area contributed by atoms with Gasteiger partial charge in [0, 0.05) is 29.6 Å². The molecule has 3 aromatic rings. The monoisotopic (exact) mass is 406 g/mol. The Hall–Kier alpha value is -2.89. The molecule has 158 valence electrons. The van der Waals surface area contributed by atoms with E-state index in [1.807, 2.05) is 37.4 Å². The maximum Gasteiger partial charge on any atom is 0.277 e. The van der Waals surface area contributed by atoms with Gasteiger partial charge < -0.3 is 9.88 Å². The number of aromatic nitrogens is 3. The maximum absolute atomic E-state index is 13.1. The van der Waals surface area contributed by atoms with E-state index in [1.165, 1.54) is 0 Å². The third-order valence-corrected chi connectivity index (χ3v) is 5.80. The third kappa shape index (κ3) is 4.18. The number of hydrogen-bond acceptors (Lipinski definition) is 3. The van der Waals surface area contributed by atoms with Gasteiger partial charge in [-0.2, -0.15) is 5.10 Å². The molecule has 0 unspecified atom stereocenters. The van der Waals surface area contributed by atoms with Crippen LogP contribution in [0.5, 0.6) is 0 Å². The molecule has 1 atom stereocenters. The lowest BCUT2D eigenvalue weighted by Crippen LogP contribution is -2.33. The Morgan fingerprint density at radius 2 is 1.83 bits per heavy atom. The van der Waals surface area contributed by atoms with E-state index in [1.54, 1.807) is 15.3 Å². The minimum Gasteiger partial charge on any atom is -0.350 e. The molecule has 6 heteroatoms. The SMILES string of the molecule is CC(C)C[C@@H](C)NC(=O)c1ccc(Cn2ccn3nc4c(c3c2=O)CCCC4)cc1. The van der Waals surface area contributed by atoms with Crippen molar-refractivity contribution in [2.24, 2.45) is 5.92 Å². The molecule has 30 heavy (non-hydrogen) atoms. The summed E-state index contributed by atoms with van der Waals surface area (Å²) in [6.45, 7) is 6.80. The number of carbonyl (C=O) groups excluding carboxylic acids is 1. The molecule has 0 radical (unpaired) electrons. The van der Waals surface area contributed by atoms with Gasteiger partial charge in [0.25, 0.3) is 11.5 Å². The molecule has 0 saturated heterocycles. The number of aryl methyl sites for hydroxylation is 2. The van der Waals surface area contributed by atoms with Crippen molar-refractivity contribution in [3.8, 4) is 0 Å². The number of rotatable bonds is 6. The molecule has 1 aliphatic carbocycles. The molecule has 0 bridgehead atoms.